The van der Waals surface area contributed by atoms with Gasteiger partial charge in [-0.1, -0.05) is 36.4 Å². The average molecular weight is 419 g/mol. The average Bonchev–Trinajstić information content (AvgIpc) is 3.08. The van der Waals surface area contributed by atoms with Crippen LogP contribution in [-0.4, -0.2) is 21.9 Å². The minimum absolute atomic E-state index is 0.0321. The molecule has 0 aliphatic rings. The zero-order valence-electron chi connectivity index (χ0n) is 17.0. The molecule has 0 radical (unpaired) electrons. The molecule has 0 atom stereocenters. The third-order valence-electron chi connectivity index (χ3n) is 5.31. The van der Waals surface area contributed by atoms with E-state index < -0.39 is 10.7 Å². The van der Waals surface area contributed by atoms with Gasteiger partial charge in [-0.15, -0.1) is 0 Å². The van der Waals surface area contributed by atoms with Crippen molar-refractivity contribution < 1.29 is 14.1 Å². The van der Waals surface area contributed by atoms with E-state index in [9.17, 15) is 19.7 Å². The molecule has 0 N–H and O–H groups in total. The van der Waals surface area contributed by atoms with Crippen LogP contribution in [0.1, 0.15) is 19.8 Å². The summed E-state index contributed by atoms with van der Waals surface area (Å²) in [4.78, 5) is 37.3. The van der Waals surface area contributed by atoms with E-state index in [0.29, 0.717) is 18.5 Å². The van der Waals surface area contributed by atoms with Gasteiger partial charge in [0.25, 0.3) is 5.69 Å². The van der Waals surface area contributed by atoms with Crippen LogP contribution in [0, 0.1) is 10.1 Å². The van der Waals surface area contributed by atoms with Crippen molar-refractivity contribution in [3.05, 3.63) is 81.3 Å². The fourth-order valence-corrected chi connectivity index (χ4v) is 3.83. The third-order valence-corrected chi connectivity index (χ3v) is 5.31. The number of amides is 1. The SMILES string of the molecule is CCN(C(=O)CCCn1c(=O)oc2cc([N+](=O)[O-])ccc21)c1cccc2ccccc12. The summed E-state index contributed by atoms with van der Waals surface area (Å²) in [6.07, 6.45) is 0.689. The first-order valence-electron chi connectivity index (χ1n) is 10.1. The Morgan fingerprint density at radius 1 is 1.13 bits per heavy atom. The molecule has 0 saturated heterocycles. The van der Waals surface area contributed by atoms with Crippen LogP contribution >= 0.6 is 0 Å². The van der Waals surface area contributed by atoms with Crippen LogP contribution in [0.25, 0.3) is 21.9 Å². The standard InChI is InChI=1S/C23H21N3O5/c1-2-24(19-10-5-8-16-7-3-4-9-18(16)19)22(27)11-6-14-25-20-13-12-17(26(29)30)15-21(20)31-23(25)28/h3-5,7-10,12-13,15H,2,6,11,14H2,1H3. The van der Waals surface area contributed by atoms with Gasteiger partial charge in [0.05, 0.1) is 22.2 Å². The van der Waals surface area contributed by atoms with Gasteiger partial charge in [0, 0.05) is 31.0 Å². The van der Waals surface area contributed by atoms with Gasteiger partial charge in [0.1, 0.15) is 0 Å². The number of carbonyl (C=O) groups is 1. The van der Waals surface area contributed by atoms with Crippen LogP contribution in [0.4, 0.5) is 11.4 Å². The fourth-order valence-electron chi connectivity index (χ4n) is 3.83. The number of oxazole rings is 1. The molecule has 31 heavy (non-hydrogen) atoms. The highest BCUT2D eigenvalue weighted by Gasteiger charge is 2.18. The van der Waals surface area contributed by atoms with Crippen molar-refractivity contribution in [1.82, 2.24) is 4.57 Å². The van der Waals surface area contributed by atoms with E-state index in [1.807, 2.05) is 49.4 Å². The van der Waals surface area contributed by atoms with Crippen LogP contribution in [0.5, 0.6) is 0 Å². The lowest BCUT2D eigenvalue weighted by Crippen LogP contribution is -2.31. The molecular weight excluding hydrogens is 398 g/mol. The Morgan fingerprint density at radius 2 is 1.90 bits per heavy atom. The van der Waals surface area contributed by atoms with Crippen LogP contribution < -0.4 is 10.7 Å². The summed E-state index contributed by atoms with van der Waals surface area (Å²) in [5.41, 5.74) is 1.36. The quantitative estimate of drug-likeness (QED) is 0.325. The highest BCUT2D eigenvalue weighted by atomic mass is 16.6. The molecule has 1 heterocycles. The summed E-state index contributed by atoms with van der Waals surface area (Å²) in [6.45, 7) is 2.74. The Morgan fingerprint density at radius 3 is 2.68 bits per heavy atom. The largest absolute Gasteiger partial charge is 0.419 e. The molecule has 4 rings (SSSR count). The van der Waals surface area contributed by atoms with Crippen molar-refractivity contribution >= 4 is 39.2 Å². The number of hydrogen-bond acceptors (Lipinski definition) is 5. The monoisotopic (exact) mass is 419 g/mol. The van der Waals surface area contributed by atoms with Crippen LogP contribution in [0.15, 0.2) is 69.9 Å². The number of nitro benzene ring substituents is 1. The second kappa shape index (κ2) is 8.43. The Kier molecular flexibility index (Phi) is 5.53. The summed E-state index contributed by atoms with van der Waals surface area (Å²) in [6, 6.07) is 17.9. The van der Waals surface area contributed by atoms with Gasteiger partial charge in [0.15, 0.2) is 5.58 Å². The van der Waals surface area contributed by atoms with Crippen molar-refractivity contribution in [2.24, 2.45) is 0 Å². The molecule has 1 aromatic heterocycles. The molecule has 4 aromatic rings. The second-order valence-electron chi connectivity index (χ2n) is 7.17. The number of rotatable bonds is 7. The first-order chi connectivity index (χ1) is 15.0. The summed E-state index contributed by atoms with van der Waals surface area (Å²) in [7, 11) is 0. The van der Waals surface area contributed by atoms with Gasteiger partial charge in [-0.05, 0) is 30.9 Å². The van der Waals surface area contributed by atoms with E-state index in [4.69, 9.17) is 4.42 Å². The molecule has 0 unspecified atom stereocenters. The highest BCUT2D eigenvalue weighted by molar-refractivity contribution is 6.03. The van der Waals surface area contributed by atoms with E-state index in [0.717, 1.165) is 16.5 Å². The molecular formula is C23H21N3O5. The molecule has 8 heteroatoms. The topological polar surface area (TPSA) is 98.6 Å². The van der Waals surface area contributed by atoms with Crippen LogP contribution in [0.2, 0.25) is 0 Å². The van der Waals surface area contributed by atoms with Gasteiger partial charge in [-0.2, -0.15) is 0 Å². The zero-order chi connectivity index (χ0) is 22.0. The Balaban J connectivity index is 1.50. The maximum atomic E-state index is 13.0. The first-order valence-corrected chi connectivity index (χ1v) is 10.1. The van der Waals surface area contributed by atoms with Gasteiger partial charge in [-0.3, -0.25) is 19.5 Å². The molecule has 0 bridgehead atoms. The van der Waals surface area contributed by atoms with Crippen molar-refractivity contribution in [1.29, 1.82) is 0 Å². The van der Waals surface area contributed by atoms with E-state index >= 15 is 0 Å². The number of benzene rings is 3. The number of carbonyl (C=O) groups excluding carboxylic acids is 1. The van der Waals surface area contributed by atoms with Crippen LogP contribution in [0.3, 0.4) is 0 Å². The fraction of sp³-hybridized carbons (Fsp3) is 0.217. The number of aryl methyl sites for hydroxylation is 1. The number of nitro groups is 1. The van der Waals surface area contributed by atoms with Crippen molar-refractivity contribution in [2.45, 2.75) is 26.3 Å². The minimum Gasteiger partial charge on any atom is -0.407 e. The lowest BCUT2D eigenvalue weighted by molar-refractivity contribution is -0.384. The zero-order valence-corrected chi connectivity index (χ0v) is 17.0. The van der Waals surface area contributed by atoms with Gasteiger partial charge < -0.3 is 9.32 Å². The summed E-state index contributed by atoms with van der Waals surface area (Å²) >= 11 is 0. The summed E-state index contributed by atoms with van der Waals surface area (Å²) in [5, 5.41) is 13.0. The number of hydrogen-bond donors (Lipinski definition) is 0. The third kappa shape index (κ3) is 3.92. The predicted octanol–water partition coefficient (Wildman–Crippen LogP) is 4.49. The van der Waals surface area contributed by atoms with Crippen molar-refractivity contribution in [3.63, 3.8) is 0 Å². The lowest BCUT2D eigenvalue weighted by atomic mass is 10.1. The molecule has 1 amide bonds. The maximum Gasteiger partial charge on any atom is 0.419 e. The highest BCUT2D eigenvalue weighted by Crippen LogP contribution is 2.27. The molecule has 3 aromatic carbocycles. The Bertz CT molecular complexity index is 1330. The Labute approximate surface area is 177 Å². The van der Waals surface area contributed by atoms with Crippen LogP contribution in [-0.2, 0) is 11.3 Å². The number of anilines is 1. The number of nitrogens with zero attached hydrogens (tertiary/aromatic N) is 3. The number of fused-ring (bicyclic) bond motifs is 2. The van der Waals surface area contributed by atoms with Gasteiger partial charge in [0.2, 0.25) is 5.91 Å². The first kappa shape index (κ1) is 20.3. The Hall–Kier alpha value is -3.94. The predicted molar refractivity (Wildman–Crippen MR) is 118 cm³/mol. The normalized spacial score (nSPS) is 11.1. The maximum absolute atomic E-state index is 13.0. The van der Waals surface area contributed by atoms with E-state index in [-0.39, 0.29) is 30.1 Å². The van der Waals surface area contributed by atoms with E-state index in [1.165, 1.54) is 22.8 Å². The smallest absolute Gasteiger partial charge is 0.407 e. The molecule has 0 saturated carbocycles. The molecule has 0 aliphatic carbocycles. The molecule has 0 spiro atoms. The van der Waals surface area contributed by atoms with Gasteiger partial charge >= 0.3 is 5.76 Å². The number of aromatic nitrogens is 1. The lowest BCUT2D eigenvalue weighted by Gasteiger charge is -2.23. The summed E-state index contributed by atoms with van der Waals surface area (Å²) in [5.74, 6) is -0.625. The number of non-ortho nitro benzene ring substituents is 1. The second-order valence-corrected chi connectivity index (χ2v) is 7.17. The van der Waals surface area contributed by atoms with Crippen molar-refractivity contribution in [3.8, 4) is 0 Å². The molecule has 158 valence electrons. The molecule has 8 nitrogen and oxygen atoms in total. The molecule has 0 fully saturated rings. The minimum atomic E-state index is -0.593. The van der Waals surface area contributed by atoms with Crippen molar-refractivity contribution in [2.75, 3.05) is 11.4 Å². The van der Waals surface area contributed by atoms with E-state index in [2.05, 4.69) is 0 Å². The van der Waals surface area contributed by atoms with Gasteiger partial charge in [-0.25, -0.2) is 4.79 Å². The molecule has 0 aliphatic heterocycles. The summed E-state index contributed by atoms with van der Waals surface area (Å²) < 4.78 is 6.54. The van der Waals surface area contributed by atoms with E-state index in [1.54, 1.807) is 4.90 Å².